The van der Waals surface area contributed by atoms with Gasteiger partial charge in [-0.25, -0.2) is 19.6 Å². The number of esters is 1. The first-order valence-electron chi connectivity index (χ1n) is 11.7. The molecule has 176 valence electrons. The maximum atomic E-state index is 13.0. The number of aromatic nitrogens is 2. The zero-order valence-corrected chi connectivity index (χ0v) is 18.9. The molecule has 1 aromatic carbocycles. The number of ether oxygens (including phenoxy) is 3. The Hall–Kier alpha value is -2.33. The number of benzene rings is 1. The molecular weight excluding hydrogens is 428 g/mol. The average molecular weight is 456 g/mol. The van der Waals surface area contributed by atoms with Crippen LogP contribution in [0.2, 0.25) is 0 Å². The number of carbonyl (C=O) groups excluding carboxylic acids is 1. The Bertz CT molecular complexity index is 1170. The van der Waals surface area contributed by atoms with E-state index in [2.05, 4.69) is 16.9 Å². The van der Waals surface area contributed by atoms with Gasteiger partial charge in [0.1, 0.15) is 0 Å². The number of rotatable bonds is 2. The standard InChI is InChI=1S/C24H28N2O7/c1-12-8-9-15-13(2)21(30-22-24(15)14(12)10-11-23(3,31-22)32-33-24)29-20(28)18-19(27)26-17-7-5-4-6-16(17)25-18/h4-7,12-15,21-22H,8-11H2,1-3H3,(H,26,27)/t12-,13-,14+,15+,21+,22-,23-,24-/m1/s1. The number of aromatic amines is 1. The van der Waals surface area contributed by atoms with Gasteiger partial charge in [-0.15, -0.1) is 0 Å². The van der Waals surface area contributed by atoms with Gasteiger partial charge in [0.25, 0.3) is 5.56 Å². The summed E-state index contributed by atoms with van der Waals surface area (Å²) in [4.78, 5) is 44.3. The Balaban J connectivity index is 1.32. The molecule has 0 radical (unpaired) electrons. The molecule has 4 saturated heterocycles. The third kappa shape index (κ3) is 3.10. The number of nitrogens with one attached hydrogen (secondary N) is 1. The van der Waals surface area contributed by atoms with Crippen molar-refractivity contribution in [2.75, 3.05) is 0 Å². The lowest BCUT2D eigenvalue weighted by molar-refractivity contribution is -0.576. The lowest BCUT2D eigenvalue weighted by atomic mass is 9.58. The fraction of sp³-hybridized carbons (Fsp3) is 0.625. The van der Waals surface area contributed by atoms with Crippen LogP contribution in [0, 0.1) is 23.7 Å². The normalized spacial score (nSPS) is 41.9. The molecule has 0 amide bonds. The number of hydrogen-bond acceptors (Lipinski definition) is 8. The molecule has 2 bridgehead atoms. The summed E-state index contributed by atoms with van der Waals surface area (Å²) in [5, 5.41) is 0. The smallest absolute Gasteiger partial charge is 0.365 e. The summed E-state index contributed by atoms with van der Waals surface area (Å²) in [5.41, 5.74) is -0.574. The molecule has 8 atom stereocenters. The minimum Gasteiger partial charge on any atom is -0.430 e. The van der Waals surface area contributed by atoms with Crippen molar-refractivity contribution in [3.63, 3.8) is 0 Å². The minimum atomic E-state index is -0.913. The van der Waals surface area contributed by atoms with E-state index >= 15 is 0 Å². The van der Waals surface area contributed by atoms with E-state index in [9.17, 15) is 9.59 Å². The van der Waals surface area contributed by atoms with E-state index in [1.54, 1.807) is 24.3 Å². The molecule has 5 aliphatic rings. The van der Waals surface area contributed by atoms with Gasteiger partial charge in [0, 0.05) is 18.3 Å². The maximum Gasteiger partial charge on any atom is 0.365 e. The van der Waals surface area contributed by atoms with Crippen LogP contribution in [0.15, 0.2) is 29.1 Å². The van der Waals surface area contributed by atoms with Crippen molar-refractivity contribution in [3.8, 4) is 0 Å². The third-order valence-electron chi connectivity index (χ3n) is 8.11. The fourth-order valence-electron chi connectivity index (χ4n) is 6.34. The monoisotopic (exact) mass is 456 g/mol. The molecule has 33 heavy (non-hydrogen) atoms. The first-order valence-corrected chi connectivity index (χ1v) is 11.7. The van der Waals surface area contributed by atoms with Crippen LogP contribution < -0.4 is 5.56 Å². The minimum absolute atomic E-state index is 0.0146. The van der Waals surface area contributed by atoms with Gasteiger partial charge in [-0.05, 0) is 50.2 Å². The predicted octanol–water partition coefficient (Wildman–Crippen LogP) is 3.29. The molecule has 1 spiro atoms. The highest BCUT2D eigenvalue weighted by molar-refractivity contribution is 5.89. The molecule has 1 aliphatic carbocycles. The van der Waals surface area contributed by atoms with Crippen molar-refractivity contribution in [3.05, 3.63) is 40.3 Å². The lowest BCUT2D eigenvalue weighted by Gasteiger charge is -2.59. The summed E-state index contributed by atoms with van der Waals surface area (Å²) in [7, 11) is 0. The quantitative estimate of drug-likeness (QED) is 0.542. The predicted molar refractivity (Wildman–Crippen MR) is 115 cm³/mol. The molecule has 1 aromatic heterocycles. The van der Waals surface area contributed by atoms with Crippen LogP contribution in [0.25, 0.3) is 11.0 Å². The van der Waals surface area contributed by atoms with Crippen LogP contribution in [0.3, 0.4) is 0 Å². The van der Waals surface area contributed by atoms with E-state index in [0.29, 0.717) is 23.4 Å². The highest BCUT2D eigenvalue weighted by atomic mass is 17.3. The van der Waals surface area contributed by atoms with Gasteiger partial charge in [-0.3, -0.25) is 4.79 Å². The van der Waals surface area contributed by atoms with E-state index < -0.39 is 35.5 Å². The number of hydrogen-bond donors (Lipinski definition) is 1. The molecule has 9 heteroatoms. The van der Waals surface area contributed by atoms with E-state index in [1.165, 1.54) is 0 Å². The number of nitrogens with zero attached hydrogens (tertiary/aromatic N) is 1. The number of carbonyl (C=O) groups is 1. The highest BCUT2D eigenvalue weighted by Gasteiger charge is 2.69. The van der Waals surface area contributed by atoms with Gasteiger partial charge in [-0.2, -0.15) is 0 Å². The van der Waals surface area contributed by atoms with Gasteiger partial charge < -0.3 is 19.2 Å². The van der Waals surface area contributed by atoms with E-state index in [1.807, 2.05) is 13.8 Å². The molecule has 1 saturated carbocycles. The number of para-hydroxylation sites is 2. The maximum absolute atomic E-state index is 13.0. The fourth-order valence-corrected chi connectivity index (χ4v) is 6.34. The van der Waals surface area contributed by atoms with Gasteiger partial charge in [0.2, 0.25) is 17.8 Å². The second-order valence-electron chi connectivity index (χ2n) is 10.1. The second kappa shape index (κ2) is 7.33. The summed E-state index contributed by atoms with van der Waals surface area (Å²) in [5.74, 6) is -1.25. The average Bonchev–Trinajstić information content (AvgIpc) is 3.02. The summed E-state index contributed by atoms with van der Waals surface area (Å²) in [6, 6.07) is 7.03. The molecule has 0 unspecified atom stereocenters. The van der Waals surface area contributed by atoms with Crippen molar-refractivity contribution in [2.24, 2.45) is 23.7 Å². The van der Waals surface area contributed by atoms with Crippen LogP contribution in [-0.2, 0) is 24.0 Å². The van der Waals surface area contributed by atoms with E-state index in [0.717, 1.165) is 19.3 Å². The van der Waals surface area contributed by atoms with E-state index in [4.69, 9.17) is 24.0 Å². The van der Waals surface area contributed by atoms with Crippen LogP contribution >= 0.6 is 0 Å². The van der Waals surface area contributed by atoms with Crippen LogP contribution in [0.4, 0.5) is 0 Å². The van der Waals surface area contributed by atoms with Gasteiger partial charge in [0.05, 0.1) is 11.0 Å². The number of H-pyrrole nitrogens is 1. The van der Waals surface area contributed by atoms with Gasteiger partial charge in [0.15, 0.2) is 11.9 Å². The Morgan fingerprint density at radius 1 is 1.15 bits per heavy atom. The zero-order valence-electron chi connectivity index (χ0n) is 18.9. The van der Waals surface area contributed by atoms with Crippen molar-refractivity contribution < 1.29 is 28.8 Å². The van der Waals surface area contributed by atoms with E-state index in [-0.39, 0.29) is 23.4 Å². The molecule has 9 nitrogen and oxygen atoms in total. The lowest BCUT2D eigenvalue weighted by Crippen LogP contribution is -2.70. The summed E-state index contributed by atoms with van der Waals surface area (Å²) in [6.45, 7) is 6.07. The third-order valence-corrected chi connectivity index (χ3v) is 8.11. The Labute approximate surface area is 190 Å². The van der Waals surface area contributed by atoms with Crippen molar-refractivity contribution in [1.82, 2.24) is 9.97 Å². The Morgan fingerprint density at radius 2 is 1.97 bits per heavy atom. The molecule has 4 aliphatic heterocycles. The SMILES string of the molecule is C[C@H]1[C@@H](OC(=O)c2nc3ccccc3[nH]c2=O)O[C@@H]2O[C@@]3(C)CC[C@H]4[C@H](C)CC[C@@H]1[C@@]24OO3. The van der Waals surface area contributed by atoms with Crippen LogP contribution in [0.1, 0.15) is 56.9 Å². The summed E-state index contributed by atoms with van der Waals surface area (Å²) < 4.78 is 18.3. The van der Waals surface area contributed by atoms with Crippen molar-refractivity contribution in [1.29, 1.82) is 0 Å². The Morgan fingerprint density at radius 3 is 2.82 bits per heavy atom. The first-order chi connectivity index (χ1) is 15.8. The summed E-state index contributed by atoms with van der Waals surface area (Å²) in [6.07, 6.45) is 1.92. The van der Waals surface area contributed by atoms with Crippen LogP contribution in [0.5, 0.6) is 0 Å². The van der Waals surface area contributed by atoms with Gasteiger partial charge >= 0.3 is 5.97 Å². The first kappa shape index (κ1) is 21.2. The second-order valence-corrected chi connectivity index (χ2v) is 10.1. The molecule has 7 rings (SSSR count). The van der Waals surface area contributed by atoms with Crippen LogP contribution in [-0.4, -0.2) is 39.9 Å². The molecule has 5 heterocycles. The topological polar surface area (TPSA) is 109 Å². The highest BCUT2D eigenvalue weighted by Crippen LogP contribution is 2.60. The largest absolute Gasteiger partial charge is 0.430 e. The molecule has 2 aromatic rings. The molecular formula is C24H28N2O7. The number of fused-ring (bicyclic) bond motifs is 3. The zero-order chi connectivity index (χ0) is 23.0. The van der Waals surface area contributed by atoms with Crippen molar-refractivity contribution >= 4 is 17.0 Å². The molecule has 1 N–H and O–H groups in total. The van der Waals surface area contributed by atoms with Crippen molar-refractivity contribution in [2.45, 2.75) is 70.4 Å². The van der Waals surface area contributed by atoms with Gasteiger partial charge in [-0.1, -0.05) is 26.0 Å². The molecule has 5 fully saturated rings. The summed E-state index contributed by atoms with van der Waals surface area (Å²) >= 11 is 0. The Kier molecular flexibility index (Phi) is 4.72.